The van der Waals surface area contributed by atoms with Gasteiger partial charge in [-0.15, -0.1) is 0 Å². The fraction of sp³-hybridized carbons (Fsp3) is 0.364. The standard InChI is InChI=1S/C11H12BrF2NO/c1-7-3-4-8(9(12)5-7)10(16)15-6-11(2,13)14/h3-5H,6H2,1-2H3,(H,15,16). The van der Waals surface area contributed by atoms with Crippen molar-refractivity contribution in [2.24, 2.45) is 0 Å². The molecule has 0 bridgehead atoms. The van der Waals surface area contributed by atoms with E-state index < -0.39 is 18.4 Å². The summed E-state index contributed by atoms with van der Waals surface area (Å²) in [5.41, 5.74) is 1.35. The number of aryl methyl sites for hydroxylation is 1. The van der Waals surface area contributed by atoms with E-state index in [0.29, 0.717) is 10.0 Å². The minimum absolute atomic E-state index is 0.356. The van der Waals surface area contributed by atoms with Gasteiger partial charge in [-0.1, -0.05) is 6.07 Å². The van der Waals surface area contributed by atoms with Gasteiger partial charge in [-0.2, -0.15) is 0 Å². The summed E-state index contributed by atoms with van der Waals surface area (Å²) in [4.78, 5) is 11.5. The number of nitrogens with one attached hydrogen (secondary N) is 1. The lowest BCUT2D eigenvalue weighted by Gasteiger charge is -2.12. The lowest BCUT2D eigenvalue weighted by molar-refractivity contribution is 0.0221. The molecule has 0 saturated carbocycles. The third-order valence-corrected chi connectivity index (χ3v) is 2.58. The van der Waals surface area contributed by atoms with E-state index in [1.165, 1.54) is 0 Å². The Morgan fingerprint density at radius 3 is 2.62 bits per heavy atom. The van der Waals surface area contributed by atoms with Gasteiger partial charge in [-0.25, -0.2) is 8.78 Å². The largest absolute Gasteiger partial charge is 0.346 e. The third kappa shape index (κ3) is 3.89. The lowest BCUT2D eigenvalue weighted by atomic mass is 10.1. The molecule has 0 aliphatic heterocycles. The van der Waals surface area contributed by atoms with Crippen molar-refractivity contribution < 1.29 is 13.6 Å². The van der Waals surface area contributed by atoms with Crippen molar-refractivity contribution in [2.75, 3.05) is 6.54 Å². The Morgan fingerprint density at radius 2 is 2.12 bits per heavy atom. The van der Waals surface area contributed by atoms with Crippen molar-refractivity contribution >= 4 is 21.8 Å². The summed E-state index contributed by atoms with van der Waals surface area (Å²) in [7, 11) is 0. The second-order valence-corrected chi connectivity index (χ2v) is 4.59. The van der Waals surface area contributed by atoms with E-state index in [1.54, 1.807) is 18.2 Å². The van der Waals surface area contributed by atoms with Crippen LogP contribution in [0.5, 0.6) is 0 Å². The van der Waals surface area contributed by atoms with Crippen LogP contribution in [0.25, 0.3) is 0 Å². The van der Waals surface area contributed by atoms with Gasteiger partial charge < -0.3 is 5.32 Å². The van der Waals surface area contributed by atoms with E-state index in [1.807, 2.05) is 6.92 Å². The molecule has 0 spiro atoms. The Kier molecular flexibility index (Phi) is 4.02. The molecule has 1 N–H and O–H groups in total. The number of carbonyl (C=O) groups is 1. The predicted molar refractivity (Wildman–Crippen MR) is 61.8 cm³/mol. The summed E-state index contributed by atoms with van der Waals surface area (Å²) >= 11 is 3.22. The number of halogens is 3. The molecule has 1 aromatic rings. The molecule has 0 saturated heterocycles. The van der Waals surface area contributed by atoms with Gasteiger partial charge in [-0.3, -0.25) is 4.79 Å². The monoisotopic (exact) mass is 291 g/mol. The topological polar surface area (TPSA) is 29.1 Å². The maximum Gasteiger partial charge on any atom is 0.262 e. The average molecular weight is 292 g/mol. The molecular weight excluding hydrogens is 280 g/mol. The number of amides is 1. The first-order valence-corrected chi connectivity index (χ1v) is 5.51. The Morgan fingerprint density at radius 1 is 1.50 bits per heavy atom. The number of hydrogen-bond donors (Lipinski definition) is 1. The predicted octanol–water partition coefficient (Wildman–Crippen LogP) is 3.14. The quantitative estimate of drug-likeness (QED) is 0.911. The number of benzene rings is 1. The molecule has 16 heavy (non-hydrogen) atoms. The van der Waals surface area contributed by atoms with Crippen LogP contribution in [0, 0.1) is 6.92 Å². The first-order chi connectivity index (χ1) is 7.29. The Hall–Kier alpha value is -0.970. The van der Waals surface area contributed by atoms with Crippen LogP contribution in [-0.2, 0) is 0 Å². The zero-order chi connectivity index (χ0) is 12.3. The number of alkyl halides is 2. The highest BCUT2D eigenvalue weighted by Gasteiger charge is 2.22. The summed E-state index contributed by atoms with van der Waals surface area (Å²) in [6.45, 7) is 1.98. The summed E-state index contributed by atoms with van der Waals surface area (Å²) < 4.78 is 25.7. The van der Waals surface area contributed by atoms with Crippen LogP contribution in [0.4, 0.5) is 8.78 Å². The van der Waals surface area contributed by atoms with Gasteiger partial charge in [0.05, 0.1) is 12.1 Å². The second-order valence-electron chi connectivity index (χ2n) is 3.74. The highest BCUT2D eigenvalue weighted by atomic mass is 79.9. The Balaban J connectivity index is 2.74. The van der Waals surface area contributed by atoms with Crippen molar-refractivity contribution in [1.82, 2.24) is 5.32 Å². The fourth-order valence-electron chi connectivity index (χ4n) is 1.13. The van der Waals surface area contributed by atoms with E-state index in [2.05, 4.69) is 21.2 Å². The van der Waals surface area contributed by atoms with Gasteiger partial charge in [-0.05, 0) is 40.5 Å². The van der Waals surface area contributed by atoms with E-state index in [9.17, 15) is 13.6 Å². The maximum atomic E-state index is 12.5. The van der Waals surface area contributed by atoms with Crippen molar-refractivity contribution in [2.45, 2.75) is 19.8 Å². The van der Waals surface area contributed by atoms with Gasteiger partial charge in [0.1, 0.15) is 0 Å². The van der Waals surface area contributed by atoms with Crippen molar-refractivity contribution in [3.05, 3.63) is 33.8 Å². The van der Waals surface area contributed by atoms with E-state index in [0.717, 1.165) is 12.5 Å². The normalized spacial score (nSPS) is 11.3. The van der Waals surface area contributed by atoms with Crippen LogP contribution in [-0.4, -0.2) is 18.4 Å². The van der Waals surface area contributed by atoms with Crippen molar-refractivity contribution in [1.29, 1.82) is 0 Å². The SMILES string of the molecule is Cc1ccc(C(=O)NCC(C)(F)F)c(Br)c1. The van der Waals surface area contributed by atoms with Crippen LogP contribution >= 0.6 is 15.9 Å². The minimum atomic E-state index is -2.90. The van der Waals surface area contributed by atoms with Crippen LogP contribution in [0.15, 0.2) is 22.7 Å². The van der Waals surface area contributed by atoms with E-state index in [4.69, 9.17) is 0 Å². The number of carbonyl (C=O) groups excluding carboxylic acids is 1. The minimum Gasteiger partial charge on any atom is -0.346 e. The molecule has 88 valence electrons. The summed E-state index contributed by atoms with van der Waals surface area (Å²) in [5, 5.41) is 2.18. The molecular formula is C11H12BrF2NO. The Labute approximate surface area is 101 Å². The molecule has 5 heteroatoms. The van der Waals surface area contributed by atoms with Crippen LogP contribution in [0.2, 0.25) is 0 Å². The van der Waals surface area contributed by atoms with Gasteiger partial charge in [0.25, 0.3) is 11.8 Å². The molecule has 0 unspecified atom stereocenters. The molecule has 0 radical (unpaired) electrons. The maximum absolute atomic E-state index is 12.5. The van der Waals surface area contributed by atoms with Gasteiger partial charge in [0.2, 0.25) is 0 Å². The molecule has 0 fully saturated rings. The van der Waals surface area contributed by atoms with E-state index in [-0.39, 0.29) is 0 Å². The summed E-state index contributed by atoms with van der Waals surface area (Å²) in [5.74, 6) is -3.40. The molecule has 1 rings (SSSR count). The third-order valence-electron chi connectivity index (χ3n) is 1.93. The number of rotatable bonds is 3. The van der Waals surface area contributed by atoms with Gasteiger partial charge in [0, 0.05) is 11.4 Å². The van der Waals surface area contributed by atoms with Crippen molar-refractivity contribution in [3.8, 4) is 0 Å². The van der Waals surface area contributed by atoms with Gasteiger partial charge >= 0.3 is 0 Å². The zero-order valence-corrected chi connectivity index (χ0v) is 10.6. The highest BCUT2D eigenvalue weighted by molar-refractivity contribution is 9.10. The first kappa shape index (κ1) is 13.1. The number of hydrogen-bond acceptors (Lipinski definition) is 1. The second kappa shape index (κ2) is 4.91. The van der Waals surface area contributed by atoms with Crippen LogP contribution < -0.4 is 5.32 Å². The van der Waals surface area contributed by atoms with Crippen LogP contribution in [0.3, 0.4) is 0 Å². The lowest BCUT2D eigenvalue weighted by Crippen LogP contribution is -2.34. The molecule has 0 aliphatic carbocycles. The summed E-state index contributed by atoms with van der Waals surface area (Å²) in [6, 6.07) is 5.12. The van der Waals surface area contributed by atoms with Crippen LogP contribution in [0.1, 0.15) is 22.8 Å². The molecule has 2 nitrogen and oxygen atoms in total. The molecule has 0 aromatic heterocycles. The molecule has 0 atom stereocenters. The highest BCUT2D eigenvalue weighted by Crippen LogP contribution is 2.18. The molecule has 1 amide bonds. The average Bonchev–Trinajstić information content (AvgIpc) is 2.13. The smallest absolute Gasteiger partial charge is 0.262 e. The van der Waals surface area contributed by atoms with Crippen molar-refractivity contribution in [3.63, 3.8) is 0 Å². The first-order valence-electron chi connectivity index (χ1n) is 4.72. The fourth-order valence-corrected chi connectivity index (χ4v) is 1.81. The molecule has 0 heterocycles. The van der Waals surface area contributed by atoms with E-state index >= 15 is 0 Å². The zero-order valence-electron chi connectivity index (χ0n) is 8.98. The molecule has 1 aromatic carbocycles. The van der Waals surface area contributed by atoms with Gasteiger partial charge in [0.15, 0.2) is 0 Å². The Bertz CT molecular complexity index is 401. The molecule has 0 aliphatic rings. The summed E-state index contributed by atoms with van der Waals surface area (Å²) in [6.07, 6.45) is 0.